The molecular formula is C33H28ClN3O3S. The smallest absolute Gasteiger partial charge is 0.264 e. The van der Waals surface area contributed by atoms with E-state index in [1.165, 1.54) is 9.31 Å². The zero-order chi connectivity index (χ0) is 28.9. The number of hydrazone groups is 1. The van der Waals surface area contributed by atoms with E-state index in [-0.39, 0.29) is 10.8 Å². The van der Waals surface area contributed by atoms with E-state index in [1.54, 1.807) is 67.6 Å². The van der Waals surface area contributed by atoms with Crippen LogP contribution in [0.4, 0.5) is 11.4 Å². The number of benzene rings is 4. The molecule has 206 valence electrons. The van der Waals surface area contributed by atoms with Gasteiger partial charge in [-0.15, -0.1) is 6.58 Å². The SMILES string of the molecule is C=C[C@@H]1c2ccccc2N(S(=O)(=O)c2ccc(C)cc2)[C@H](c2ccccc2)C12C(=O)N(c1ccc(Cl)cc1)N=C2C. The third-order valence-corrected chi connectivity index (χ3v) is 10.1. The second-order valence-electron chi connectivity index (χ2n) is 10.3. The molecule has 2 aliphatic rings. The van der Waals surface area contributed by atoms with E-state index in [4.69, 9.17) is 16.7 Å². The van der Waals surface area contributed by atoms with Crippen LogP contribution in [0.5, 0.6) is 0 Å². The maximum Gasteiger partial charge on any atom is 0.264 e. The molecule has 0 radical (unpaired) electrons. The number of carbonyl (C=O) groups excluding carboxylic acids is 1. The lowest BCUT2D eigenvalue weighted by molar-refractivity contribution is -0.125. The Balaban J connectivity index is 1.68. The number of aryl methyl sites for hydroxylation is 1. The van der Waals surface area contributed by atoms with Crippen LogP contribution in [0.1, 0.15) is 35.6 Å². The summed E-state index contributed by atoms with van der Waals surface area (Å²) in [5.41, 5.74) is 2.42. The van der Waals surface area contributed by atoms with Gasteiger partial charge in [0.2, 0.25) is 0 Å². The maximum absolute atomic E-state index is 14.9. The van der Waals surface area contributed by atoms with Gasteiger partial charge in [0, 0.05) is 10.9 Å². The maximum atomic E-state index is 14.9. The molecule has 0 N–H and O–H groups in total. The average molecular weight is 582 g/mol. The van der Waals surface area contributed by atoms with Crippen molar-refractivity contribution in [1.82, 2.24) is 0 Å². The number of sulfonamides is 1. The number of hydrogen-bond donors (Lipinski definition) is 0. The minimum Gasteiger partial charge on any atom is -0.271 e. The van der Waals surface area contributed by atoms with Crippen LogP contribution in [-0.2, 0) is 14.8 Å². The molecule has 1 spiro atoms. The molecule has 0 aliphatic carbocycles. The molecule has 6 nitrogen and oxygen atoms in total. The Morgan fingerprint density at radius 1 is 0.878 bits per heavy atom. The van der Waals surface area contributed by atoms with E-state index in [0.717, 1.165) is 5.56 Å². The number of rotatable bonds is 5. The number of nitrogens with zero attached hydrogens (tertiary/aromatic N) is 3. The zero-order valence-corrected chi connectivity index (χ0v) is 24.2. The second-order valence-corrected chi connectivity index (χ2v) is 12.6. The molecule has 0 fully saturated rings. The lowest BCUT2D eigenvalue weighted by Crippen LogP contribution is -2.57. The van der Waals surface area contributed by atoms with Gasteiger partial charge in [0.05, 0.1) is 28.0 Å². The number of amides is 1. The van der Waals surface area contributed by atoms with E-state index in [1.807, 2.05) is 55.5 Å². The van der Waals surface area contributed by atoms with Crippen LogP contribution in [0.2, 0.25) is 5.02 Å². The monoisotopic (exact) mass is 581 g/mol. The molecule has 8 heteroatoms. The van der Waals surface area contributed by atoms with Gasteiger partial charge in [-0.25, -0.2) is 8.42 Å². The molecule has 4 aromatic carbocycles. The Hall–Kier alpha value is -4.20. The number of allylic oxidation sites excluding steroid dienone is 1. The van der Waals surface area contributed by atoms with Crippen LogP contribution in [0, 0.1) is 12.3 Å². The summed E-state index contributed by atoms with van der Waals surface area (Å²) < 4.78 is 30.8. The third-order valence-electron chi connectivity index (χ3n) is 8.06. The van der Waals surface area contributed by atoms with Gasteiger partial charge in [0.1, 0.15) is 5.41 Å². The van der Waals surface area contributed by atoms with Gasteiger partial charge in [-0.1, -0.05) is 83.9 Å². The van der Waals surface area contributed by atoms with E-state index in [2.05, 4.69) is 6.58 Å². The lowest BCUT2D eigenvalue weighted by atomic mass is 9.60. The van der Waals surface area contributed by atoms with Crippen molar-refractivity contribution in [3.8, 4) is 0 Å². The fourth-order valence-electron chi connectivity index (χ4n) is 6.17. The Bertz CT molecular complexity index is 1790. The topological polar surface area (TPSA) is 70.1 Å². The number of carbonyl (C=O) groups is 1. The molecule has 0 bridgehead atoms. The van der Waals surface area contributed by atoms with Crippen molar-refractivity contribution in [2.24, 2.45) is 10.5 Å². The van der Waals surface area contributed by atoms with Gasteiger partial charge < -0.3 is 0 Å². The van der Waals surface area contributed by atoms with Gasteiger partial charge in [-0.05, 0) is 67.4 Å². The highest BCUT2D eigenvalue weighted by atomic mass is 35.5. The first kappa shape index (κ1) is 27.0. The molecule has 0 aromatic heterocycles. The molecule has 0 saturated heterocycles. The Morgan fingerprint density at radius 3 is 2.17 bits per heavy atom. The molecule has 1 unspecified atom stereocenters. The van der Waals surface area contributed by atoms with Gasteiger partial charge in [0.25, 0.3) is 15.9 Å². The summed E-state index contributed by atoms with van der Waals surface area (Å²) in [7, 11) is -4.16. The molecule has 6 rings (SSSR count). The van der Waals surface area contributed by atoms with Crippen molar-refractivity contribution in [1.29, 1.82) is 0 Å². The largest absolute Gasteiger partial charge is 0.271 e. The van der Waals surface area contributed by atoms with Crippen molar-refractivity contribution in [2.75, 3.05) is 9.31 Å². The van der Waals surface area contributed by atoms with Crippen molar-refractivity contribution in [3.63, 3.8) is 0 Å². The first-order valence-corrected chi connectivity index (χ1v) is 15.1. The van der Waals surface area contributed by atoms with Crippen molar-refractivity contribution in [3.05, 3.63) is 137 Å². The van der Waals surface area contributed by atoms with Gasteiger partial charge in [0.15, 0.2) is 0 Å². The molecule has 2 aliphatic heterocycles. The number of fused-ring (bicyclic) bond motifs is 1. The van der Waals surface area contributed by atoms with Crippen LogP contribution >= 0.6 is 11.6 Å². The summed E-state index contributed by atoms with van der Waals surface area (Å²) in [6.07, 6.45) is 1.74. The summed E-state index contributed by atoms with van der Waals surface area (Å²) in [5, 5.41) is 6.68. The highest BCUT2D eigenvalue weighted by Crippen LogP contribution is 2.61. The van der Waals surface area contributed by atoms with Crippen LogP contribution in [0.25, 0.3) is 0 Å². The summed E-state index contributed by atoms with van der Waals surface area (Å²) in [5.74, 6) is -0.906. The highest BCUT2D eigenvalue weighted by molar-refractivity contribution is 7.92. The summed E-state index contributed by atoms with van der Waals surface area (Å²) in [6.45, 7) is 7.86. The minimum atomic E-state index is -4.16. The van der Waals surface area contributed by atoms with Crippen LogP contribution in [-0.4, -0.2) is 20.0 Å². The predicted molar refractivity (Wildman–Crippen MR) is 164 cm³/mol. The fourth-order valence-corrected chi connectivity index (χ4v) is 7.99. The minimum absolute atomic E-state index is 0.139. The zero-order valence-electron chi connectivity index (χ0n) is 22.6. The number of hydrogen-bond acceptors (Lipinski definition) is 4. The second kappa shape index (κ2) is 10.0. The first-order chi connectivity index (χ1) is 19.7. The molecule has 0 saturated carbocycles. The molecule has 4 aromatic rings. The number of para-hydroxylation sites is 1. The van der Waals surface area contributed by atoms with Gasteiger partial charge in [-0.3, -0.25) is 9.10 Å². The Kier molecular flexibility index (Phi) is 6.59. The number of anilines is 2. The van der Waals surface area contributed by atoms with Crippen LogP contribution in [0.3, 0.4) is 0 Å². The summed E-state index contributed by atoms with van der Waals surface area (Å²) in [4.78, 5) is 15.0. The van der Waals surface area contributed by atoms with Gasteiger partial charge in [-0.2, -0.15) is 10.1 Å². The van der Waals surface area contributed by atoms with Crippen LogP contribution < -0.4 is 9.31 Å². The quantitative estimate of drug-likeness (QED) is 0.233. The van der Waals surface area contributed by atoms with E-state index in [9.17, 15) is 13.2 Å². The van der Waals surface area contributed by atoms with Crippen molar-refractivity contribution in [2.45, 2.75) is 30.7 Å². The van der Waals surface area contributed by atoms with Crippen LogP contribution in [0.15, 0.2) is 126 Å². The van der Waals surface area contributed by atoms with Crippen molar-refractivity contribution < 1.29 is 13.2 Å². The predicted octanol–water partition coefficient (Wildman–Crippen LogP) is 7.28. The normalized spacial score (nSPS) is 22.0. The third kappa shape index (κ3) is 4.03. The molecule has 3 atom stereocenters. The Morgan fingerprint density at radius 2 is 1.51 bits per heavy atom. The standard InChI is InChI=1S/C33H28ClN3O3S/c1-4-29-28-12-8-9-13-30(28)37(41(39,40)27-20-14-22(2)15-21-27)31(24-10-6-5-7-11-24)33(29)23(3)35-36(32(33)38)26-18-16-25(34)17-19-26/h4-21,29,31H,1H2,2-3H3/t29-,31-,33?/m1/s1. The van der Waals surface area contributed by atoms with E-state index < -0.39 is 27.4 Å². The van der Waals surface area contributed by atoms with E-state index in [0.29, 0.717) is 33.2 Å². The fraction of sp³-hybridized carbons (Fsp3) is 0.152. The molecule has 2 heterocycles. The average Bonchev–Trinajstić information content (AvgIpc) is 3.23. The van der Waals surface area contributed by atoms with E-state index >= 15 is 0 Å². The molecular weight excluding hydrogens is 554 g/mol. The lowest BCUT2D eigenvalue weighted by Gasteiger charge is -2.51. The molecule has 41 heavy (non-hydrogen) atoms. The first-order valence-electron chi connectivity index (χ1n) is 13.2. The molecule has 1 amide bonds. The van der Waals surface area contributed by atoms with Gasteiger partial charge >= 0.3 is 0 Å². The summed E-state index contributed by atoms with van der Waals surface area (Å²) in [6, 6.07) is 29.3. The Labute approximate surface area is 245 Å². The number of halogens is 1. The highest BCUT2D eigenvalue weighted by Gasteiger charge is 2.65. The summed E-state index contributed by atoms with van der Waals surface area (Å²) >= 11 is 6.14. The van der Waals surface area contributed by atoms with Crippen molar-refractivity contribution >= 4 is 44.6 Å².